The Hall–Kier alpha value is -3.51. The maximum absolute atomic E-state index is 13.0. The van der Waals surface area contributed by atoms with Crippen LogP contribution in [0.5, 0.6) is 5.75 Å². The number of nitrogens with zero attached hydrogens (tertiary/aromatic N) is 1. The molecule has 0 spiro atoms. The van der Waals surface area contributed by atoms with Gasteiger partial charge in [-0.15, -0.1) is 0 Å². The highest BCUT2D eigenvalue weighted by Gasteiger charge is 2.46. The molecule has 2 heterocycles. The van der Waals surface area contributed by atoms with Gasteiger partial charge in [-0.1, -0.05) is 41.9 Å². The van der Waals surface area contributed by atoms with Crippen molar-refractivity contribution in [3.8, 4) is 5.75 Å². The quantitative estimate of drug-likeness (QED) is 0.335. The molecule has 1 aromatic heterocycles. The second-order valence-corrected chi connectivity index (χ2v) is 7.40. The van der Waals surface area contributed by atoms with Crippen molar-refractivity contribution in [1.29, 1.82) is 0 Å². The first-order chi connectivity index (χ1) is 15.0. The van der Waals surface area contributed by atoms with Gasteiger partial charge < -0.3 is 19.2 Å². The summed E-state index contributed by atoms with van der Waals surface area (Å²) in [6.07, 6.45) is 1.51. The van der Waals surface area contributed by atoms with Gasteiger partial charge in [0.1, 0.15) is 17.3 Å². The van der Waals surface area contributed by atoms with Gasteiger partial charge in [0, 0.05) is 5.56 Å². The molecule has 1 aliphatic rings. The van der Waals surface area contributed by atoms with E-state index in [1.807, 2.05) is 37.3 Å². The standard InChI is InChI=1S/C24H20ClNO5/c1-2-30-19-13-16(10-11-18(19)25)22(27)20-21(15-7-4-3-5-8-15)26(24(29)23(20)28)14-17-9-6-12-31-17/h3-13,21,27H,2,14H2,1H3/b22-20-. The van der Waals surface area contributed by atoms with Crippen molar-refractivity contribution >= 4 is 29.1 Å². The molecule has 6 nitrogen and oxygen atoms in total. The predicted molar refractivity (Wildman–Crippen MR) is 116 cm³/mol. The highest BCUT2D eigenvalue weighted by Crippen LogP contribution is 2.41. The van der Waals surface area contributed by atoms with E-state index in [-0.39, 0.29) is 17.9 Å². The smallest absolute Gasteiger partial charge is 0.296 e. The van der Waals surface area contributed by atoms with Gasteiger partial charge in [-0.2, -0.15) is 0 Å². The van der Waals surface area contributed by atoms with E-state index in [2.05, 4.69) is 0 Å². The fraction of sp³-hybridized carbons (Fsp3) is 0.167. The third kappa shape index (κ3) is 3.94. The predicted octanol–water partition coefficient (Wildman–Crippen LogP) is 4.95. The van der Waals surface area contributed by atoms with Crippen LogP contribution in [0.3, 0.4) is 0 Å². The maximum Gasteiger partial charge on any atom is 0.296 e. The summed E-state index contributed by atoms with van der Waals surface area (Å²) in [4.78, 5) is 27.4. The van der Waals surface area contributed by atoms with Gasteiger partial charge in [0.15, 0.2) is 0 Å². The summed E-state index contributed by atoms with van der Waals surface area (Å²) in [5.74, 6) is -0.828. The Kier molecular flexibility index (Phi) is 5.82. The molecule has 1 amide bonds. The second kappa shape index (κ2) is 8.70. The summed E-state index contributed by atoms with van der Waals surface area (Å²) in [6.45, 7) is 2.30. The number of ketones is 1. The number of rotatable bonds is 6. The van der Waals surface area contributed by atoms with Crippen LogP contribution in [-0.4, -0.2) is 28.3 Å². The molecule has 1 fully saturated rings. The van der Waals surface area contributed by atoms with Crippen molar-refractivity contribution in [3.05, 3.63) is 94.4 Å². The van der Waals surface area contributed by atoms with E-state index in [1.165, 1.54) is 11.2 Å². The Morgan fingerprint density at radius 1 is 1.13 bits per heavy atom. The lowest BCUT2D eigenvalue weighted by molar-refractivity contribution is -0.140. The van der Waals surface area contributed by atoms with Crippen LogP contribution in [0.4, 0.5) is 0 Å². The molecule has 0 saturated carbocycles. The molecule has 0 bridgehead atoms. The van der Waals surface area contributed by atoms with Crippen LogP contribution in [-0.2, 0) is 16.1 Å². The zero-order chi connectivity index (χ0) is 22.0. The van der Waals surface area contributed by atoms with E-state index < -0.39 is 17.7 Å². The number of benzene rings is 2. The third-order valence-electron chi connectivity index (χ3n) is 5.07. The number of halogens is 1. The average molecular weight is 438 g/mol. The SMILES string of the molecule is CCOc1cc(/C(O)=C2/C(=O)C(=O)N(Cc3ccco3)C2c2ccccc2)ccc1Cl. The van der Waals surface area contributed by atoms with Gasteiger partial charge in [0.25, 0.3) is 11.7 Å². The minimum atomic E-state index is -0.766. The fourth-order valence-electron chi connectivity index (χ4n) is 3.67. The molecule has 7 heteroatoms. The van der Waals surface area contributed by atoms with Crippen molar-refractivity contribution in [2.45, 2.75) is 19.5 Å². The summed E-state index contributed by atoms with van der Waals surface area (Å²) < 4.78 is 10.9. The number of carbonyl (C=O) groups excluding carboxylic acids is 2. The van der Waals surface area contributed by atoms with E-state index in [0.29, 0.717) is 34.3 Å². The molecule has 3 aromatic rings. The molecule has 1 saturated heterocycles. The fourth-order valence-corrected chi connectivity index (χ4v) is 3.84. The second-order valence-electron chi connectivity index (χ2n) is 7.00. The summed E-state index contributed by atoms with van der Waals surface area (Å²) in [5.41, 5.74) is 1.05. The molecule has 4 rings (SSSR count). The highest BCUT2D eigenvalue weighted by atomic mass is 35.5. The largest absolute Gasteiger partial charge is 0.507 e. The van der Waals surface area contributed by atoms with E-state index in [9.17, 15) is 14.7 Å². The highest BCUT2D eigenvalue weighted by molar-refractivity contribution is 6.46. The maximum atomic E-state index is 13.0. The van der Waals surface area contributed by atoms with E-state index in [0.717, 1.165) is 0 Å². The Morgan fingerprint density at radius 3 is 2.58 bits per heavy atom. The zero-order valence-corrected chi connectivity index (χ0v) is 17.5. The Morgan fingerprint density at radius 2 is 1.90 bits per heavy atom. The van der Waals surface area contributed by atoms with Crippen molar-refractivity contribution in [2.75, 3.05) is 6.61 Å². The van der Waals surface area contributed by atoms with Crippen LogP contribution in [0.1, 0.15) is 29.9 Å². The number of aliphatic hydroxyl groups is 1. The molecule has 0 radical (unpaired) electrons. The number of aliphatic hydroxyl groups excluding tert-OH is 1. The number of furan rings is 1. The lowest BCUT2D eigenvalue weighted by Crippen LogP contribution is -2.29. The Balaban J connectivity index is 1.85. The molecule has 1 aliphatic heterocycles. The number of likely N-dealkylation sites (tertiary alicyclic amines) is 1. The molecule has 2 aromatic carbocycles. The van der Waals surface area contributed by atoms with Gasteiger partial charge in [-0.3, -0.25) is 9.59 Å². The number of Topliss-reactive ketones (excluding diaryl/α,β-unsaturated/α-hetero) is 1. The number of hydrogen-bond donors (Lipinski definition) is 1. The first kappa shape index (κ1) is 20.8. The first-order valence-corrected chi connectivity index (χ1v) is 10.2. The number of carbonyl (C=O) groups is 2. The van der Waals surface area contributed by atoms with Gasteiger partial charge in [-0.25, -0.2) is 0 Å². The lowest BCUT2D eigenvalue weighted by atomic mass is 9.95. The molecule has 1 N–H and O–H groups in total. The van der Waals surface area contributed by atoms with Gasteiger partial charge in [-0.05, 0) is 42.8 Å². The number of hydrogen-bond acceptors (Lipinski definition) is 5. The minimum Gasteiger partial charge on any atom is -0.507 e. The van der Waals surface area contributed by atoms with Crippen LogP contribution in [0.2, 0.25) is 5.02 Å². The van der Waals surface area contributed by atoms with Crippen molar-refractivity contribution in [2.24, 2.45) is 0 Å². The van der Waals surface area contributed by atoms with Crippen molar-refractivity contribution < 1.29 is 23.8 Å². The van der Waals surface area contributed by atoms with Crippen LogP contribution >= 0.6 is 11.6 Å². The Bertz CT molecular complexity index is 1140. The third-order valence-corrected chi connectivity index (χ3v) is 5.38. The molecule has 158 valence electrons. The van der Waals surface area contributed by atoms with E-state index in [1.54, 1.807) is 30.3 Å². The Labute approximate surface area is 184 Å². The molecular formula is C24H20ClNO5. The minimum absolute atomic E-state index is 0.00697. The summed E-state index contributed by atoms with van der Waals surface area (Å²) in [6, 6.07) is 16.5. The number of ether oxygens (including phenoxy) is 1. The van der Waals surface area contributed by atoms with Gasteiger partial charge in [0.05, 0.1) is 36.1 Å². The van der Waals surface area contributed by atoms with Crippen LogP contribution in [0, 0.1) is 0 Å². The monoisotopic (exact) mass is 437 g/mol. The first-order valence-electron chi connectivity index (χ1n) is 9.79. The van der Waals surface area contributed by atoms with Gasteiger partial charge in [0.2, 0.25) is 0 Å². The summed E-state index contributed by atoms with van der Waals surface area (Å²) >= 11 is 6.16. The normalized spacial score (nSPS) is 17.9. The molecule has 31 heavy (non-hydrogen) atoms. The molecule has 1 atom stereocenters. The van der Waals surface area contributed by atoms with Crippen molar-refractivity contribution in [1.82, 2.24) is 4.90 Å². The topological polar surface area (TPSA) is 80.0 Å². The molecule has 1 unspecified atom stereocenters. The molecule has 0 aliphatic carbocycles. The van der Waals surface area contributed by atoms with Crippen molar-refractivity contribution in [3.63, 3.8) is 0 Å². The molecular weight excluding hydrogens is 418 g/mol. The van der Waals surface area contributed by atoms with Crippen LogP contribution in [0.15, 0.2) is 76.9 Å². The lowest BCUT2D eigenvalue weighted by Gasteiger charge is -2.24. The van der Waals surface area contributed by atoms with Crippen LogP contribution < -0.4 is 4.74 Å². The summed E-state index contributed by atoms with van der Waals surface area (Å²) in [7, 11) is 0. The van der Waals surface area contributed by atoms with E-state index in [4.69, 9.17) is 20.8 Å². The van der Waals surface area contributed by atoms with Crippen LogP contribution in [0.25, 0.3) is 5.76 Å². The van der Waals surface area contributed by atoms with E-state index >= 15 is 0 Å². The van der Waals surface area contributed by atoms with Gasteiger partial charge >= 0.3 is 0 Å². The average Bonchev–Trinajstić information content (AvgIpc) is 3.38. The number of amides is 1. The zero-order valence-electron chi connectivity index (χ0n) is 16.7. The summed E-state index contributed by atoms with van der Waals surface area (Å²) in [5, 5.41) is 11.5.